The molecule has 0 bridgehead atoms. The first-order valence-corrected chi connectivity index (χ1v) is 6.60. The molecule has 3 aromatic heterocycles. The van der Waals surface area contributed by atoms with Crippen LogP contribution < -0.4 is 5.32 Å². The molecule has 3 rings (SSSR count). The molecule has 0 atom stereocenters. The molecule has 0 fully saturated rings. The highest BCUT2D eigenvalue weighted by molar-refractivity contribution is 5.92. The number of aryl methyl sites for hydroxylation is 1. The van der Waals surface area contributed by atoms with Gasteiger partial charge in [-0.15, -0.1) is 0 Å². The van der Waals surface area contributed by atoms with Gasteiger partial charge in [-0.25, -0.2) is 4.98 Å². The third-order valence-corrected chi connectivity index (χ3v) is 2.94. The molecule has 0 aliphatic carbocycles. The number of aromatic amines is 1. The molecule has 7 heteroatoms. The lowest BCUT2D eigenvalue weighted by molar-refractivity contribution is 0.0944. The molecule has 0 saturated carbocycles. The smallest absolute Gasteiger partial charge is 0.273 e. The minimum Gasteiger partial charge on any atom is -0.461 e. The van der Waals surface area contributed by atoms with E-state index in [1.807, 2.05) is 0 Å². The number of amides is 1. The summed E-state index contributed by atoms with van der Waals surface area (Å²) in [5.41, 5.74) is 0.236. The molecule has 0 aromatic carbocycles. The van der Waals surface area contributed by atoms with Crippen molar-refractivity contribution in [2.24, 2.45) is 0 Å². The Morgan fingerprint density at radius 3 is 3.10 bits per heavy atom. The summed E-state index contributed by atoms with van der Waals surface area (Å²) < 4.78 is 10.3. The van der Waals surface area contributed by atoms with Crippen molar-refractivity contribution in [2.45, 2.75) is 12.8 Å². The maximum atomic E-state index is 11.9. The Morgan fingerprint density at radius 1 is 1.38 bits per heavy atom. The summed E-state index contributed by atoms with van der Waals surface area (Å²) in [4.78, 5) is 19.0. The van der Waals surface area contributed by atoms with Crippen LogP contribution in [0.1, 0.15) is 22.7 Å². The average molecular weight is 286 g/mol. The number of hydrogen-bond donors (Lipinski definition) is 2. The fourth-order valence-corrected chi connectivity index (χ4v) is 1.90. The summed E-state index contributed by atoms with van der Waals surface area (Å²) in [6.07, 6.45) is 6.59. The highest BCUT2D eigenvalue weighted by Crippen LogP contribution is 2.20. The Kier molecular flexibility index (Phi) is 3.81. The first kappa shape index (κ1) is 13.2. The lowest BCUT2D eigenvalue weighted by Crippen LogP contribution is -2.25. The van der Waals surface area contributed by atoms with Gasteiger partial charge < -0.3 is 19.2 Å². The Balaban J connectivity index is 1.49. The van der Waals surface area contributed by atoms with E-state index in [0.717, 1.165) is 18.7 Å². The molecule has 3 aromatic rings. The maximum absolute atomic E-state index is 11.9. The fourth-order valence-electron chi connectivity index (χ4n) is 1.90. The third-order valence-electron chi connectivity index (χ3n) is 2.94. The topological polar surface area (TPSA) is 97.0 Å². The van der Waals surface area contributed by atoms with E-state index in [9.17, 15) is 4.79 Å². The van der Waals surface area contributed by atoms with Crippen LogP contribution in [0.5, 0.6) is 0 Å². The number of aromatic nitrogens is 3. The van der Waals surface area contributed by atoms with Gasteiger partial charge in [0.2, 0.25) is 5.76 Å². The number of H-pyrrole nitrogens is 1. The van der Waals surface area contributed by atoms with Crippen LogP contribution in [0.25, 0.3) is 11.5 Å². The average Bonchev–Trinajstić information content (AvgIpc) is 3.25. The number of rotatable bonds is 6. The first-order valence-electron chi connectivity index (χ1n) is 6.60. The van der Waals surface area contributed by atoms with Gasteiger partial charge >= 0.3 is 0 Å². The number of nitrogens with zero attached hydrogens (tertiary/aromatic N) is 2. The Hall–Kier alpha value is -2.83. The summed E-state index contributed by atoms with van der Waals surface area (Å²) >= 11 is 0. The molecule has 7 nitrogen and oxygen atoms in total. The van der Waals surface area contributed by atoms with E-state index in [1.165, 1.54) is 6.26 Å². The van der Waals surface area contributed by atoms with Gasteiger partial charge in [0.25, 0.3) is 5.91 Å². The molecule has 0 aliphatic heterocycles. The van der Waals surface area contributed by atoms with E-state index in [1.54, 1.807) is 30.6 Å². The third kappa shape index (κ3) is 3.19. The van der Waals surface area contributed by atoms with Gasteiger partial charge in [0.05, 0.1) is 6.26 Å². The van der Waals surface area contributed by atoms with E-state index in [2.05, 4.69) is 20.4 Å². The molecule has 0 aliphatic rings. The predicted molar refractivity (Wildman–Crippen MR) is 73.4 cm³/mol. The van der Waals surface area contributed by atoms with Crippen LogP contribution in [0.2, 0.25) is 0 Å². The summed E-state index contributed by atoms with van der Waals surface area (Å²) in [7, 11) is 0. The van der Waals surface area contributed by atoms with Crippen LogP contribution in [-0.2, 0) is 6.42 Å². The molecule has 1 amide bonds. The summed E-state index contributed by atoms with van der Waals surface area (Å²) in [6, 6.07) is 5.04. The lowest BCUT2D eigenvalue weighted by atomic mass is 10.2. The molecule has 0 radical (unpaired) electrons. The van der Waals surface area contributed by atoms with Crippen molar-refractivity contribution < 1.29 is 13.7 Å². The predicted octanol–water partition coefficient (Wildman–Crippen LogP) is 2.02. The SMILES string of the molecule is O=C(NCCCc1ncc[nH]1)c1cc(-c2ccco2)on1. The van der Waals surface area contributed by atoms with Gasteiger partial charge in [-0.3, -0.25) is 4.79 Å². The molecule has 0 spiro atoms. The van der Waals surface area contributed by atoms with E-state index in [4.69, 9.17) is 8.94 Å². The summed E-state index contributed by atoms with van der Waals surface area (Å²) in [5, 5.41) is 6.52. The molecule has 0 unspecified atom stereocenters. The molecule has 108 valence electrons. The van der Waals surface area contributed by atoms with Gasteiger partial charge in [-0.2, -0.15) is 0 Å². The summed E-state index contributed by atoms with van der Waals surface area (Å²) in [5.74, 6) is 1.61. The highest BCUT2D eigenvalue weighted by Gasteiger charge is 2.14. The zero-order valence-corrected chi connectivity index (χ0v) is 11.2. The van der Waals surface area contributed by atoms with E-state index < -0.39 is 0 Å². The molecular formula is C14H14N4O3. The monoisotopic (exact) mass is 286 g/mol. The zero-order valence-electron chi connectivity index (χ0n) is 11.2. The number of furan rings is 1. The normalized spacial score (nSPS) is 10.7. The Labute approximate surface area is 120 Å². The van der Waals surface area contributed by atoms with Crippen LogP contribution >= 0.6 is 0 Å². The quantitative estimate of drug-likeness (QED) is 0.676. The van der Waals surface area contributed by atoms with Crippen LogP contribution in [-0.4, -0.2) is 27.6 Å². The van der Waals surface area contributed by atoms with Crippen molar-refractivity contribution in [3.05, 3.63) is 48.4 Å². The highest BCUT2D eigenvalue weighted by atomic mass is 16.5. The van der Waals surface area contributed by atoms with Crippen molar-refractivity contribution >= 4 is 5.91 Å². The lowest BCUT2D eigenvalue weighted by Gasteiger charge is -2.01. The van der Waals surface area contributed by atoms with Gasteiger partial charge in [0.1, 0.15) is 5.82 Å². The number of carbonyl (C=O) groups is 1. The van der Waals surface area contributed by atoms with Crippen LogP contribution in [0.15, 0.2) is 45.8 Å². The standard InChI is InChI=1S/C14H14N4O3/c19-14(17-5-1-4-13-15-6-7-16-13)10-9-12(21-18-10)11-3-2-8-20-11/h2-3,6-9H,1,4-5H2,(H,15,16)(H,17,19). The molecule has 0 saturated heterocycles. The zero-order chi connectivity index (χ0) is 14.5. The number of imidazole rings is 1. The van der Waals surface area contributed by atoms with Crippen LogP contribution in [0, 0.1) is 0 Å². The summed E-state index contributed by atoms with van der Waals surface area (Å²) in [6.45, 7) is 0.544. The number of carbonyl (C=O) groups excluding carboxylic acids is 1. The molecule has 2 N–H and O–H groups in total. The number of nitrogens with one attached hydrogen (secondary N) is 2. The maximum Gasteiger partial charge on any atom is 0.273 e. The van der Waals surface area contributed by atoms with Gasteiger partial charge in [0, 0.05) is 31.4 Å². The van der Waals surface area contributed by atoms with E-state index in [-0.39, 0.29) is 11.6 Å². The van der Waals surface area contributed by atoms with Crippen molar-refractivity contribution in [1.82, 2.24) is 20.4 Å². The molecular weight excluding hydrogens is 272 g/mol. The first-order chi connectivity index (χ1) is 10.3. The minimum absolute atomic E-state index is 0.236. The van der Waals surface area contributed by atoms with Crippen molar-refractivity contribution in [1.29, 1.82) is 0 Å². The fraction of sp³-hybridized carbons (Fsp3) is 0.214. The van der Waals surface area contributed by atoms with E-state index in [0.29, 0.717) is 18.1 Å². The van der Waals surface area contributed by atoms with Crippen molar-refractivity contribution in [2.75, 3.05) is 6.54 Å². The van der Waals surface area contributed by atoms with Gasteiger partial charge in [-0.1, -0.05) is 5.16 Å². The van der Waals surface area contributed by atoms with Crippen LogP contribution in [0.3, 0.4) is 0 Å². The second-order valence-corrected chi connectivity index (χ2v) is 4.45. The minimum atomic E-state index is -0.268. The molecule has 21 heavy (non-hydrogen) atoms. The number of hydrogen-bond acceptors (Lipinski definition) is 5. The second kappa shape index (κ2) is 6.08. The van der Waals surface area contributed by atoms with E-state index >= 15 is 0 Å². The van der Waals surface area contributed by atoms with Crippen molar-refractivity contribution in [3.63, 3.8) is 0 Å². The van der Waals surface area contributed by atoms with Gasteiger partial charge in [-0.05, 0) is 18.6 Å². The Bertz CT molecular complexity index is 686. The Morgan fingerprint density at radius 2 is 2.33 bits per heavy atom. The largest absolute Gasteiger partial charge is 0.461 e. The van der Waals surface area contributed by atoms with Gasteiger partial charge in [0.15, 0.2) is 11.5 Å². The second-order valence-electron chi connectivity index (χ2n) is 4.45. The van der Waals surface area contributed by atoms with Crippen molar-refractivity contribution in [3.8, 4) is 11.5 Å². The van der Waals surface area contributed by atoms with Crippen LogP contribution in [0.4, 0.5) is 0 Å². The molecule has 3 heterocycles.